The van der Waals surface area contributed by atoms with Crippen molar-refractivity contribution < 1.29 is 23.4 Å². The van der Waals surface area contributed by atoms with Gasteiger partial charge in [-0.3, -0.25) is 4.79 Å². The molecule has 1 spiro atoms. The van der Waals surface area contributed by atoms with Gasteiger partial charge in [0.2, 0.25) is 5.91 Å². The Bertz CT molecular complexity index is 1010. The Morgan fingerprint density at radius 1 is 1.12 bits per heavy atom. The number of likely N-dealkylation sites (tertiary alicyclic amines) is 1. The lowest BCUT2D eigenvalue weighted by molar-refractivity contribution is -0.149. The fourth-order valence-corrected chi connectivity index (χ4v) is 5.76. The molecule has 0 aromatic heterocycles. The quantitative estimate of drug-likeness (QED) is 0.688. The van der Waals surface area contributed by atoms with Crippen LogP contribution in [0.2, 0.25) is 0 Å². The van der Waals surface area contributed by atoms with Crippen molar-refractivity contribution in [3.63, 3.8) is 0 Å². The molecule has 33 heavy (non-hydrogen) atoms. The summed E-state index contributed by atoms with van der Waals surface area (Å²) < 4.78 is 31.5. The maximum Gasteiger partial charge on any atom is 0.233 e. The molecule has 6 heteroatoms. The van der Waals surface area contributed by atoms with E-state index in [2.05, 4.69) is 25.1 Å². The minimum Gasteiger partial charge on any atom is -0.488 e. The molecule has 0 unspecified atom stereocenters. The van der Waals surface area contributed by atoms with Crippen LogP contribution in [0.4, 0.5) is 4.39 Å². The lowest BCUT2D eigenvalue weighted by Gasteiger charge is -2.45. The smallest absolute Gasteiger partial charge is 0.233 e. The second kappa shape index (κ2) is 9.07. The van der Waals surface area contributed by atoms with Gasteiger partial charge in [0.1, 0.15) is 17.7 Å². The molecule has 5 rings (SSSR count). The Morgan fingerprint density at radius 3 is 2.73 bits per heavy atom. The van der Waals surface area contributed by atoms with Crippen LogP contribution in [-0.2, 0) is 19.7 Å². The zero-order chi connectivity index (χ0) is 22.9. The maximum absolute atomic E-state index is 14.1. The molecule has 2 atom stereocenters. The molecule has 3 aliphatic rings. The number of amides is 1. The van der Waals surface area contributed by atoms with Crippen LogP contribution in [0.15, 0.2) is 48.5 Å². The molecule has 0 radical (unpaired) electrons. The Kier molecular flexibility index (Phi) is 6.14. The minimum absolute atomic E-state index is 0.143. The molecule has 1 amide bonds. The molecule has 0 bridgehead atoms. The summed E-state index contributed by atoms with van der Waals surface area (Å²) in [4.78, 5) is 16.1. The number of nitrogens with zero attached hydrogens (tertiary/aromatic N) is 1. The lowest BCUT2D eigenvalue weighted by Crippen LogP contribution is -2.56. The van der Waals surface area contributed by atoms with E-state index in [4.69, 9.17) is 14.2 Å². The monoisotopic (exact) mass is 453 g/mol. The van der Waals surface area contributed by atoms with E-state index >= 15 is 0 Å². The van der Waals surface area contributed by atoms with Crippen LogP contribution in [0.25, 0.3) is 0 Å². The third-order valence-electron chi connectivity index (χ3n) is 7.43. The maximum atomic E-state index is 14.1. The Labute approximate surface area is 194 Å². The number of carbonyl (C=O) groups is 1. The van der Waals surface area contributed by atoms with Gasteiger partial charge in [-0.2, -0.15) is 0 Å². The Balaban J connectivity index is 1.33. The third-order valence-corrected chi connectivity index (χ3v) is 7.43. The van der Waals surface area contributed by atoms with Crippen LogP contribution in [0, 0.1) is 12.7 Å². The van der Waals surface area contributed by atoms with Crippen molar-refractivity contribution in [2.24, 2.45) is 0 Å². The second-order valence-electron chi connectivity index (χ2n) is 9.79. The number of benzene rings is 2. The number of rotatable bonds is 4. The number of ether oxygens (including phenoxy) is 3. The van der Waals surface area contributed by atoms with Crippen molar-refractivity contribution in [2.45, 2.75) is 56.1 Å². The van der Waals surface area contributed by atoms with Crippen LogP contribution >= 0.6 is 0 Å². The number of halogens is 1. The normalized spacial score (nSPS) is 27.0. The third kappa shape index (κ3) is 4.51. The standard InChI is InChI=1S/C27H32FNO4/c1-20-5-2-6-21(15-20)27(10-13-31-14-11-27)25(30)29-12-4-9-26(19-29)17-24(18-32-26)33-23-8-3-7-22(28)16-23/h2-3,5-8,15-16,24H,4,9-14,17-19H2,1H3/t24-,26+/m1/s1. The molecular formula is C27H32FNO4. The molecule has 3 saturated heterocycles. The molecule has 3 fully saturated rings. The average Bonchev–Trinajstić information content (AvgIpc) is 3.20. The van der Waals surface area contributed by atoms with Crippen LogP contribution in [0.3, 0.4) is 0 Å². The van der Waals surface area contributed by atoms with Gasteiger partial charge in [-0.05, 0) is 50.3 Å². The molecule has 0 aliphatic carbocycles. The molecule has 2 aromatic carbocycles. The van der Waals surface area contributed by atoms with Crippen molar-refractivity contribution in [3.05, 3.63) is 65.5 Å². The van der Waals surface area contributed by atoms with E-state index in [0.29, 0.717) is 51.4 Å². The first-order valence-electron chi connectivity index (χ1n) is 12.0. The zero-order valence-corrected chi connectivity index (χ0v) is 19.2. The number of carbonyl (C=O) groups excluding carboxylic acids is 1. The Morgan fingerprint density at radius 2 is 1.94 bits per heavy atom. The van der Waals surface area contributed by atoms with Crippen molar-refractivity contribution >= 4 is 5.91 Å². The molecular weight excluding hydrogens is 421 g/mol. The summed E-state index contributed by atoms with van der Waals surface area (Å²) >= 11 is 0. The molecule has 2 aromatic rings. The van der Waals surface area contributed by atoms with Gasteiger partial charge in [-0.25, -0.2) is 4.39 Å². The van der Waals surface area contributed by atoms with Gasteiger partial charge in [0.15, 0.2) is 0 Å². The summed E-state index contributed by atoms with van der Waals surface area (Å²) in [6.45, 7) is 5.03. The first kappa shape index (κ1) is 22.4. The predicted molar refractivity (Wildman–Crippen MR) is 123 cm³/mol. The van der Waals surface area contributed by atoms with E-state index in [0.717, 1.165) is 30.5 Å². The summed E-state index contributed by atoms with van der Waals surface area (Å²) in [6, 6.07) is 14.6. The average molecular weight is 454 g/mol. The summed E-state index contributed by atoms with van der Waals surface area (Å²) in [5, 5.41) is 0. The number of hydrogen-bond acceptors (Lipinski definition) is 4. The SMILES string of the molecule is Cc1cccc(C2(C(=O)N3CCC[C@]4(C[C@@H](Oc5cccc(F)c5)CO4)C3)CCOCC2)c1. The highest BCUT2D eigenvalue weighted by Crippen LogP contribution is 2.41. The van der Waals surface area contributed by atoms with Crippen LogP contribution in [0.5, 0.6) is 5.75 Å². The fourth-order valence-electron chi connectivity index (χ4n) is 5.76. The lowest BCUT2D eigenvalue weighted by atomic mass is 9.72. The van der Waals surface area contributed by atoms with Crippen molar-refractivity contribution in [1.29, 1.82) is 0 Å². The van der Waals surface area contributed by atoms with Gasteiger partial charge in [0.25, 0.3) is 0 Å². The second-order valence-corrected chi connectivity index (χ2v) is 9.79. The van der Waals surface area contributed by atoms with Gasteiger partial charge >= 0.3 is 0 Å². The highest BCUT2D eigenvalue weighted by molar-refractivity contribution is 5.88. The minimum atomic E-state index is -0.543. The van der Waals surface area contributed by atoms with Crippen molar-refractivity contribution in [1.82, 2.24) is 4.90 Å². The van der Waals surface area contributed by atoms with E-state index in [9.17, 15) is 9.18 Å². The van der Waals surface area contributed by atoms with Gasteiger partial charge in [-0.1, -0.05) is 35.9 Å². The van der Waals surface area contributed by atoms with Gasteiger partial charge < -0.3 is 19.1 Å². The van der Waals surface area contributed by atoms with Crippen LogP contribution in [0.1, 0.15) is 43.2 Å². The highest BCUT2D eigenvalue weighted by Gasteiger charge is 2.50. The molecule has 3 aliphatic heterocycles. The predicted octanol–water partition coefficient (Wildman–Crippen LogP) is 4.41. The van der Waals surface area contributed by atoms with Crippen molar-refractivity contribution in [2.75, 3.05) is 32.9 Å². The number of hydrogen-bond donors (Lipinski definition) is 0. The van der Waals surface area contributed by atoms with Gasteiger partial charge in [0.05, 0.1) is 17.6 Å². The summed E-state index contributed by atoms with van der Waals surface area (Å²) in [7, 11) is 0. The summed E-state index contributed by atoms with van der Waals surface area (Å²) in [5.41, 5.74) is 1.32. The van der Waals surface area contributed by atoms with E-state index in [1.807, 2.05) is 11.0 Å². The van der Waals surface area contributed by atoms with Crippen molar-refractivity contribution in [3.8, 4) is 5.75 Å². The number of piperidine rings is 1. The largest absolute Gasteiger partial charge is 0.488 e. The van der Waals surface area contributed by atoms with E-state index < -0.39 is 11.0 Å². The molecule has 176 valence electrons. The molecule has 3 heterocycles. The van der Waals surface area contributed by atoms with Gasteiger partial charge in [0, 0.05) is 38.8 Å². The first-order valence-corrected chi connectivity index (χ1v) is 12.0. The summed E-state index contributed by atoms with van der Waals surface area (Å²) in [5.74, 6) is 0.395. The van der Waals surface area contributed by atoms with E-state index in [-0.39, 0.29) is 17.8 Å². The van der Waals surface area contributed by atoms with Crippen LogP contribution < -0.4 is 4.74 Å². The number of aryl methyl sites for hydroxylation is 1. The van der Waals surface area contributed by atoms with E-state index in [1.54, 1.807) is 12.1 Å². The highest BCUT2D eigenvalue weighted by atomic mass is 19.1. The van der Waals surface area contributed by atoms with Crippen LogP contribution in [-0.4, -0.2) is 55.4 Å². The van der Waals surface area contributed by atoms with E-state index in [1.165, 1.54) is 12.1 Å². The molecule has 0 saturated carbocycles. The Hall–Kier alpha value is -2.44. The first-order chi connectivity index (χ1) is 16.0. The van der Waals surface area contributed by atoms with Gasteiger partial charge in [-0.15, -0.1) is 0 Å². The topological polar surface area (TPSA) is 48.0 Å². The molecule has 0 N–H and O–H groups in total. The molecule has 5 nitrogen and oxygen atoms in total. The zero-order valence-electron chi connectivity index (χ0n) is 19.2. The summed E-state index contributed by atoms with van der Waals surface area (Å²) in [6.07, 6.45) is 3.76. The fraction of sp³-hybridized carbons (Fsp3) is 0.519.